The third-order valence-electron chi connectivity index (χ3n) is 3.43. The third-order valence-corrected chi connectivity index (χ3v) is 3.43. The molecule has 1 N–H and O–H groups in total. The molecular weight excluding hydrogens is 264 g/mol. The van der Waals surface area contributed by atoms with Crippen molar-refractivity contribution in [3.63, 3.8) is 0 Å². The standard InChI is InChI=1S/C15H18N6/c1-3-20-14(9-10-17-20)15(16-2)13-11-18-21(19-13)12-7-5-4-6-8-12/h4-11,15-16H,3H2,1-2H3. The van der Waals surface area contributed by atoms with Gasteiger partial charge in [0.15, 0.2) is 0 Å². The average Bonchev–Trinajstić information content (AvgIpc) is 3.19. The lowest BCUT2D eigenvalue weighted by Gasteiger charge is -2.14. The van der Waals surface area contributed by atoms with E-state index >= 15 is 0 Å². The molecule has 6 heteroatoms. The Balaban J connectivity index is 1.94. The summed E-state index contributed by atoms with van der Waals surface area (Å²) in [6.07, 6.45) is 3.60. The van der Waals surface area contributed by atoms with E-state index in [1.54, 1.807) is 11.0 Å². The fourth-order valence-electron chi connectivity index (χ4n) is 2.39. The zero-order valence-electron chi connectivity index (χ0n) is 12.1. The summed E-state index contributed by atoms with van der Waals surface area (Å²) in [6.45, 7) is 2.90. The number of aromatic nitrogens is 5. The van der Waals surface area contributed by atoms with Crippen LogP contribution in [0.3, 0.4) is 0 Å². The molecule has 0 bridgehead atoms. The fraction of sp³-hybridized carbons (Fsp3) is 0.267. The van der Waals surface area contributed by atoms with E-state index in [9.17, 15) is 0 Å². The van der Waals surface area contributed by atoms with Gasteiger partial charge in [0.05, 0.1) is 23.6 Å². The number of benzene rings is 1. The second-order valence-corrected chi connectivity index (χ2v) is 4.69. The van der Waals surface area contributed by atoms with Crippen LogP contribution in [0.15, 0.2) is 48.8 Å². The van der Waals surface area contributed by atoms with Crippen LogP contribution in [0.4, 0.5) is 0 Å². The van der Waals surface area contributed by atoms with Crippen molar-refractivity contribution in [2.24, 2.45) is 0 Å². The minimum absolute atomic E-state index is 0.0232. The topological polar surface area (TPSA) is 60.6 Å². The van der Waals surface area contributed by atoms with Crippen LogP contribution in [0.5, 0.6) is 0 Å². The second-order valence-electron chi connectivity index (χ2n) is 4.69. The molecule has 3 rings (SSSR count). The highest BCUT2D eigenvalue weighted by atomic mass is 15.5. The fourth-order valence-corrected chi connectivity index (χ4v) is 2.39. The molecule has 1 aromatic carbocycles. The van der Waals surface area contributed by atoms with Crippen LogP contribution >= 0.6 is 0 Å². The number of nitrogens with one attached hydrogen (secondary N) is 1. The van der Waals surface area contributed by atoms with Crippen LogP contribution in [0, 0.1) is 0 Å². The third kappa shape index (κ3) is 2.57. The molecule has 0 aliphatic rings. The van der Waals surface area contributed by atoms with Gasteiger partial charge in [-0.15, -0.1) is 0 Å². The van der Waals surface area contributed by atoms with Gasteiger partial charge in [-0.05, 0) is 32.2 Å². The zero-order valence-corrected chi connectivity index (χ0v) is 12.1. The summed E-state index contributed by atoms with van der Waals surface area (Å²) in [5, 5.41) is 16.5. The van der Waals surface area contributed by atoms with E-state index in [1.807, 2.05) is 54.3 Å². The molecule has 0 saturated carbocycles. The van der Waals surface area contributed by atoms with Crippen molar-refractivity contribution >= 4 is 0 Å². The van der Waals surface area contributed by atoms with E-state index in [0.29, 0.717) is 0 Å². The Morgan fingerprint density at radius 1 is 1.14 bits per heavy atom. The van der Waals surface area contributed by atoms with Crippen molar-refractivity contribution in [1.29, 1.82) is 0 Å². The largest absolute Gasteiger partial charge is 0.307 e. The summed E-state index contributed by atoms with van der Waals surface area (Å²) in [6, 6.07) is 11.9. The van der Waals surface area contributed by atoms with Crippen LogP contribution in [-0.2, 0) is 6.54 Å². The van der Waals surface area contributed by atoms with Gasteiger partial charge in [-0.2, -0.15) is 20.1 Å². The van der Waals surface area contributed by atoms with Crippen molar-refractivity contribution in [2.75, 3.05) is 7.05 Å². The molecule has 0 saturated heterocycles. The molecule has 0 amide bonds. The van der Waals surface area contributed by atoms with Crippen molar-refractivity contribution in [1.82, 2.24) is 30.1 Å². The number of nitrogens with zero attached hydrogens (tertiary/aromatic N) is 5. The maximum absolute atomic E-state index is 4.58. The molecule has 6 nitrogen and oxygen atoms in total. The number of hydrogen-bond acceptors (Lipinski definition) is 4. The van der Waals surface area contributed by atoms with Crippen molar-refractivity contribution in [2.45, 2.75) is 19.5 Å². The summed E-state index contributed by atoms with van der Waals surface area (Å²) in [4.78, 5) is 1.65. The van der Waals surface area contributed by atoms with E-state index in [1.165, 1.54) is 0 Å². The van der Waals surface area contributed by atoms with Gasteiger partial charge in [0.1, 0.15) is 5.69 Å². The van der Waals surface area contributed by atoms with Gasteiger partial charge in [-0.1, -0.05) is 18.2 Å². The van der Waals surface area contributed by atoms with Gasteiger partial charge in [0.25, 0.3) is 0 Å². The smallest absolute Gasteiger partial charge is 0.106 e. The summed E-state index contributed by atoms with van der Waals surface area (Å²) < 4.78 is 1.96. The molecule has 0 radical (unpaired) electrons. The van der Waals surface area contributed by atoms with Gasteiger partial charge in [0, 0.05) is 12.7 Å². The Kier molecular flexibility index (Phi) is 3.79. The molecule has 21 heavy (non-hydrogen) atoms. The molecule has 108 valence electrons. The van der Waals surface area contributed by atoms with Crippen molar-refractivity contribution in [3.05, 3.63) is 60.2 Å². The van der Waals surface area contributed by atoms with Crippen LogP contribution in [0.25, 0.3) is 5.69 Å². The molecule has 0 fully saturated rings. The molecule has 1 unspecified atom stereocenters. The first-order valence-electron chi connectivity index (χ1n) is 7.00. The second kappa shape index (κ2) is 5.88. The first kappa shape index (κ1) is 13.5. The van der Waals surface area contributed by atoms with Crippen molar-refractivity contribution in [3.8, 4) is 5.69 Å². The van der Waals surface area contributed by atoms with Gasteiger partial charge in [-0.3, -0.25) is 4.68 Å². The van der Waals surface area contributed by atoms with E-state index in [2.05, 4.69) is 27.5 Å². The van der Waals surface area contributed by atoms with Gasteiger partial charge in [0.2, 0.25) is 0 Å². The number of aryl methyl sites for hydroxylation is 1. The van der Waals surface area contributed by atoms with Crippen LogP contribution in [0.2, 0.25) is 0 Å². The Morgan fingerprint density at radius 2 is 1.95 bits per heavy atom. The summed E-state index contributed by atoms with van der Waals surface area (Å²) in [5.74, 6) is 0. The maximum atomic E-state index is 4.58. The first-order valence-corrected chi connectivity index (χ1v) is 7.00. The molecular formula is C15H18N6. The number of para-hydroxylation sites is 1. The predicted molar refractivity (Wildman–Crippen MR) is 80.2 cm³/mol. The van der Waals surface area contributed by atoms with Crippen LogP contribution < -0.4 is 5.32 Å². The van der Waals surface area contributed by atoms with E-state index in [0.717, 1.165) is 23.6 Å². The summed E-state index contributed by atoms with van der Waals surface area (Å²) >= 11 is 0. The molecule has 0 spiro atoms. The highest BCUT2D eigenvalue weighted by Gasteiger charge is 2.19. The Bertz CT molecular complexity index is 700. The highest BCUT2D eigenvalue weighted by molar-refractivity contribution is 5.29. The minimum atomic E-state index is -0.0232. The van der Waals surface area contributed by atoms with E-state index < -0.39 is 0 Å². The summed E-state index contributed by atoms with van der Waals surface area (Å²) in [7, 11) is 1.92. The predicted octanol–water partition coefficient (Wildman–Crippen LogP) is 1.79. The molecule has 1 atom stereocenters. The van der Waals surface area contributed by atoms with Crippen LogP contribution in [-0.4, -0.2) is 31.8 Å². The zero-order chi connectivity index (χ0) is 14.7. The lowest BCUT2D eigenvalue weighted by molar-refractivity contribution is 0.552. The Hall–Kier alpha value is -2.47. The lowest BCUT2D eigenvalue weighted by Crippen LogP contribution is -2.22. The van der Waals surface area contributed by atoms with Crippen molar-refractivity contribution < 1.29 is 0 Å². The minimum Gasteiger partial charge on any atom is -0.307 e. The summed E-state index contributed by atoms with van der Waals surface area (Å²) in [5.41, 5.74) is 2.90. The molecule has 2 heterocycles. The maximum Gasteiger partial charge on any atom is 0.106 e. The first-order chi connectivity index (χ1) is 10.3. The average molecular weight is 282 g/mol. The van der Waals surface area contributed by atoms with Gasteiger partial charge in [-0.25, -0.2) is 0 Å². The SMILES string of the molecule is CCn1nccc1C(NC)c1cnn(-c2ccccc2)n1. The molecule has 2 aromatic heterocycles. The Labute approximate surface area is 123 Å². The number of hydrogen-bond donors (Lipinski definition) is 1. The molecule has 0 aliphatic heterocycles. The molecule has 3 aromatic rings. The van der Waals surface area contributed by atoms with Gasteiger partial charge < -0.3 is 5.32 Å². The van der Waals surface area contributed by atoms with E-state index in [4.69, 9.17) is 0 Å². The monoisotopic (exact) mass is 282 g/mol. The van der Waals surface area contributed by atoms with Crippen LogP contribution in [0.1, 0.15) is 24.4 Å². The Morgan fingerprint density at radius 3 is 2.67 bits per heavy atom. The van der Waals surface area contributed by atoms with Gasteiger partial charge >= 0.3 is 0 Å². The van der Waals surface area contributed by atoms with E-state index in [-0.39, 0.29) is 6.04 Å². The lowest BCUT2D eigenvalue weighted by atomic mass is 10.1. The molecule has 0 aliphatic carbocycles. The number of rotatable bonds is 5. The quantitative estimate of drug-likeness (QED) is 0.775. The normalized spacial score (nSPS) is 12.5. The highest BCUT2D eigenvalue weighted by Crippen LogP contribution is 2.19.